The van der Waals surface area contributed by atoms with Crippen molar-refractivity contribution in [1.82, 2.24) is 10.3 Å². The molecule has 4 nitrogen and oxygen atoms in total. The van der Waals surface area contributed by atoms with Gasteiger partial charge in [0.1, 0.15) is 10.8 Å². The number of hydrogen-bond donors (Lipinski definition) is 2. The predicted octanol–water partition coefficient (Wildman–Crippen LogP) is 3.84. The second-order valence-corrected chi connectivity index (χ2v) is 7.25. The predicted molar refractivity (Wildman–Crippen MR) is 102 cm³/mol. The van der Waals surface area contributed by atoms with Crippen LogP contribution in [0.15, 0.2) is 42.6 Å². The van der Waals surface area contributed by atoms with Gasteiger partial charge < -0.3 is 10.4 Å². The first-order chi connectivity index (χ1) is 12.4. The van der Waals surface area contributed by atoms with Crippen molar-refractivity contribution >= 4 is 29.1 Å². The summed E-state index contributed by atoms with van der Waals surface area (Å²) in [6.45, 7) is 0. The van der Waals surface area contributed by atoms with Crippen LogP contribution in [0.25, 0.3) is 0 Å². The number of nitrogens with one attached hydrogen (secondary N) is 1. The number of benzene rings is 1. The lowest BCUT2D eigenvalue weighted by Crippen LogP contribution is -2.45. The fraction of sp³-hybridized carbons (Fsp3) is 0.300. The molecule has 1 aromatic carbocycles. The van der Waals surface area contributed by atoms with Crippen molar-refractivity contribution in [2.24, 2.45) is 0 Å². The molecule has 1 fully saturated rings. The molecular formula is C20H18Cl2N2O2. The minimum Gasteiger partial charge on any atom is -0.378 e. The Morgan fingerprint density at radius 3 is 2.88 bits per heavy atom. The first-order valence-electron chi connectivity index (χ1n) is 8.37. The lowest BCUT2D eigenvalue weighted by atomic mass is 9.82. The van der Waals surface area contributed by atoms with Crippen LogP contribution < -0.4 is 5.32 Å². The third-order valence-electron chi connectivity index (χ3n) is 4.32. The average Bonchev–Trinajstić information content (AvgIpc) is 2.61. The van der Waals surface area contributed by atoms with E-state index in [1.165, 1.54) is 6.20 Å². The lowest BCUT2D eigenvalue weighted by Gasteiger charge is -2.33. The first-order valence-corrected chi connectivity index (χ1v) is 9.13. The molecule has 1 aromatic heterocycles. The molecule has 2 aromatic rings. The second-order valence-electron chi connectivity index (χ2n) is 6.43. The largest absolute Gasteiger partial charge is 0.378 e. The number of aliphatic hydroxyl groups is 1. The van der Waals surface area contributed by atoms with Crippen molar-refractivity contribution in [2.75, 3.05) is 0 Å². The molecule has 134 valence electrons. The van der Waals surface area contributed by atoms with E-state index in [0.717, 1.165) is 18.4 Å². The van der Waals surface area contributed by atoms with Crippen LogP contribution in [-0.2, 0) is 0 Å². The van der Waals surface area contributed by atoms with Gasteiger partial charge in [0.05, 0.1) is 5.56 Å². The second kappa shape index (κ2) is 8.09. The van der Waals surface area contributed by atoms with E-state index in [0.29, 0.717) is 28.6 Å². The Morgan fingerprint density at radius 2 is 2.15 bits per heavy atom. The van der Waals surface area contributed by atoms with Gasteiger partial charge in [-0.15, -0.1) is 0 Å². The van der Waals surface area contributed by atoms with Crippen LogP contribution >= 0.6 is 23.2 Å². The summed E-state index contributed by atoms with van der Waals surface area (Å²) in [5.41, 5.74) is 0.0642. The molecule has 0 unspecified atom stereocenters. The van der Waals surface area contributed by atoms with Crippen molar-refractivity contribution in [1.29, 1.82) is 0 Å². The standard InChI is InChI=1S/C20H18Cl2N2O2/c21-16-4-1-3-14(11-16)8-10-20(26)9-2-5-17(12-20)24-19(25)15-6-7-18(22)23-13-15/h1,3-4,6-7,11,13,17,26H,2,5,9,12H2,(H,24,25)/t17-,20+/m0/s1. The van der Waals surface area contributed by atoms with Gasteiger partial charge in [0.15, 0.2) is 0 Å². The van der Waals surface area contributed by atoms with Crippen LogP contribution in [0.1, 0.15) is 41.6 Å². The van der Waals surface area contributed by atoms with Gasteiger partial charge in [-0.3, -0.25) is 4.79 Å². The Bertz CT molecular complexity index is 858. The quantitative estimate of drug-likeness (QED) is 0.606. The highest BCUT2D eigenvalue weighted by atomic mass is 35.5. The van der Waals surface area contributed by atoms with Gasteiger partial charge in [0, 0.05) is 29.2 Å². The van der Waals surface area contributed by atoms with E-state index in [1.807, 2.05) is 12.1 Å². The molecule has 1 aliphatic rings. The number of rotatable bonds is 2. The number of hydrogen-bond acceptors (Lipinski definition) is 3. The molecule has 2 atom stereocenters. The summed E-state index contributed by atoms with van der Waals surface area (Å²) in [5.74, 6) is 5.71. The minimum atomic E-state index is -1.13. The molecular weight excluding hydrogens is 371 g/mol. The van der Waals surface area contributed by atoms with Crippen LogP contribution in [0.5, 0.6) is 0 Å². The zero-order valence-corrected chi connectivity index (χ0v) is 15.5. The van der Waals surface area contributed by atoms with Gasteiger partial charge in [-0.25, -0.2) is 4.98 Å². The summed E-state index contributed by atoms with van der Waals surface area (Å²) in [5, 5.41) is 14.7. The Kier molecular flexibility index (Phi) is 5.83. The van der Waals surface area contributed by atoms with Gasteiger partial charge >= 0.3 is 0 Å². The normalized spacial score (nSPS) is 22.2. The fourth-order valence-electron chi connectivity index (χ4n) is 3.02. The molecule has 0 bridgehead atoms. The SMILES string of the molecule is O=C(N[C@H]1CCC[C@@](O)(C#Cc2cccc(Cl)c2)C1)c1ccc(Cl)nc1. The number of amides is 1. The highest BCUT2D eigenvalue weighted by Gasteiger charge is 2.33. The maximum Gasteiger partial charge on any atom is 0.253 e. The molecule has 6 heteroatoms. The zero-order valence-electron chi connectivity index (χ0n) is 14.0. The summed E-state index contributed by atoms with van der Waals surface area (Å²) in [4.78, 5) is 16.2. The van der Waals surface area contributed by atoms with E-state index in [-0.39, 0.29) is 11.9 Å². The maximum atomic E-state index is 12.3. The molecule has 1 saturated carbocycles. The fourth-order valence-corrected chi connectivity index (χ4v) is 3.33. The summed E-state index contributed by atoms with van der Waals surface area (Å²) < 4.78 is 0. The van der Waals surface area contributed by atoms with Crippen molar-refractivity contribution in [3.63, 3.8) is 0 Å². The Labute approximate surface area is 162 Å². The maximum absolute atomic E-state index is 12.3. The molecule has 2 N–H and O–H groups in total. The topological polar surface area (TPSA) is 62.2 Å². The lowest BCUT2D eigenvalue weighted by molar-refractivity contribution is 0.0452. The van der Waals surface area contributed by atoms with Gasteiger partial charge in [0.25, 0.3) is 5.91 Å². The van der Waals surface area contributed by atoms with Crippen molar-refractivity contribution in [2.45, 2.75) is 37.3 Å². The van der Waals surface area contributed by atoms with Crippen LogP contribution in [0.3, 0.4) is 0 Å². The van der Waals surface area contributed by atoms with E-state index < -0.39 is 5.60 Å². The van der Waals surface area contributed by atoms with Gasteiger partial charge in [-0.1, -0.05) is 41.1 Å². The number of aromatic nitrogens is 1. The highest BCUT2D eigenvalue weighted by molar-refractivity contribution is 6.30. The molecule has 0 spiro atoms. The summed E-state index contributed by atoms with van der Waals surface area (Å²) in [7, 11) is 0. The number of pyridine rings is 1. The minimum absolute atomic E-state index is 0.148. The van der Waals surface area contributed by atoms with Crippen LogP contribution in [0, 0.1) is 11.8 Å². The summed E-state index contributed by atoms with van der Waals surface area (Å²) >= 11 is 11.7. The highest BCUT2D eigenvalue weighted by Crippen LogP contribution is 2.28. The molecule has 1 heterocycles. The first kappa shape index (κ1) is 18.7. The van der Waals surface area contributed by atoms with E-state index >= 15 is 0 Å². The average molecular weight is 389 g/mol. The zero-order chi connectivity index (χ0) is 18.6. The van der Waals surface area contributed by atoms with Crippen molar-refractivity contribution < 1.29 is 9.90 Å². The number of halogens is 2. The van der Waals surface area contributed by atoms with E-state index in [2.05, 4.69) is 22.1 Å². The van der Waals surface area contributed by atoms with Gasteiger partial charge in [-0.05, 0) is 49.6 Å². The van der Waals surface area contributed by atoms with Crippen LogP contribution in [0.2, 0.25) is 10.2 Å². The van der Waals surface area contributed by atoms with Crippen LogP contribution in [0.4, 0.5) is 0 Å². The van der Waals surface area contributed by atoms with Gasteiger partial charge in [-0.2, -0.15) is 0 Å². The number of carbonyl (C=O) groups is 1. The van der Waals surface area contributed by atoms with Crippen molar-refractivity contribution in [3.8, 4) is 11.8 Å². The van der Waals surface area contributed by atoms with E-state index in [1.54, 1.807) is 24.3 Å². The van der Waals surface area contributed by atoms with Crippen molar-refractivity contribution in [3.05, 3.63) is 63.9 Å². The van der Waals surface area contributed by atoms with E-state index in [9.17, 15) is 9.90 Å². The molecule has 0 saturated heterocycles. The van der Waals surface area contributed by atoms with Crippen LogP contribution in [-0.4, -0.2) is 27.6 Å². The Morgan fingerprint density at radius 1 is 1.31 bits per heavy atom. The molecule has 3 rings (SSSR count). The third kappa shape index (κ3) is 4.98. The smallest absolute Gasteiger partial charge is 0.253 e. The molecule has 0 aliphatic heterocycles. The molecule has 1 amide bonds. The summed E-state index contributed by atoms with van der Waals surface area (Å²) in [6.07, 6.45) is 3.98. The van der Waals surface area contributed by atoms with E-state index in [4.69, 9.17) is 23.2 Å². The Hall–Kier alpha value is -2.06. The molecule has 26 heavy (non-hydrogen) atoms. The number of nitrogens with zero attached hydrogens (tertiary/aromatic N) is 1. The molecule has 0 radical (unpaired) electrons. The Balaban J connectivity index is 1.66. The third-order valence-corrected chi connectivity index (χ3v) is 4.77. The monoisotopic (exact) mass is 388 g/mol. The molecule has 1 aliphatic carbocycles. The summed E-state index contributed by atoms with van der Waals surface area (Å²) in [6, 6.07) is 10.2. The van der Waals surface area contributed by atoms with Gasteiger partial charge in [0.2, 0.25) is 0 Å². The number of carbonyl (C=O) groups excluding carboxylic acids is 1.